The molecule has 6 nitrogen and oxygen atoms in total. The number of nitrogens with one attached hydrogen (secondary N) is 1. The molecule has 4 aromatic rings. The molecule has 0 radical (unpaired) electrons. The van der Waals surface area contributed by atoms with Crippen molar-refractivity contribution in [2.75, 3.05) is 5.32 Å². The van der Waals surface area contributed by atoms with Gasteiger partial charge in [0.2, 0.25) is 0 Å². The van der Waals surface area contributed by atoms with Gasteiger partial charge in [-0.15, -0.1) is 11.8 Å². The maximum atomic E-state index is 12.3. The lowest BCUT2D eigenvalue weighted by Crippen LogP contribution is -2.15. The minimum absolute atomic E-state index is 0.111. The lowest BCUT2D eigenvalue weighted by atomic mass is 10.3. The van der Waals surface area contributed by atoms with E-state index in [1.54, 1.807) is 24.4 Å². The highest BCUT2D eigenvalue weighted by atomic mass is 32.2. The zero-order valence-electron chi connectivity index (χ0n) is 15.1. The Morgan fingerprint density at radius 2 is 2.04 bits per heavy atom. The molecule has 28 heavy (non-hydrogen) atoms. The number of rotatable bonds is 5. The van der Waals surface area contributed by atoms with Crippen molar-refractivity contribution in [3.63, 3.8) is 0 Å². The second-order valence-electron chi connectivity index (χ2n) is 6.23. The molecule has 0 saturated heterocycles. The molecule has 0 aliphatic carbocycles. The Morgan fingerprint density at radius 1 is 1.18 bits per heavy atom. The monoisotopic (exact) mass is 391 g/mol. The lowest BCUT2D eigenvalue weighted by molar-refractivity contribution is 0.0996. The number of hydrogen-bond donors (Lipinski definition) is 1. The summed E-state index contributed by atoms with van der Waals surface area (Å²) < 4.78 is 6.66. The summed E-state index contributed by atoms with van der Waals surface area (Å²) in [7, 11) is 0. The predicted octanol–water partition coefficient (Wildman–Crippen LogP) is 4.14. The number of nitrogens with zero attached hydrogens (tertiary/aromatic N) is 2. The Morgan fingerprint density at radius 3 is 2.86 bits per heavy atom. The first-order valence-corrected chi connectivity index (χ1v) is 9.64. The fourth-order valence-corrected chi connectivity index (χ4v) is 3.67. The van der Waals surface area contributed by atoms with Crippen molar-refractivity contribution in [2.45, 2.75) is 17.6 Å². The van der Waals surface area contributed by atoms with Gasteiger partial charge in [0.05, 0.1) is 17.6 Å². The minimum Gasteiger partial charge on any atom is -0.459 e. The zero-order chi connectivity index (χ0) is 19.5. The largest absolute Gasteiger partial charge is 0.459 e. The average Bonchev–Trinajstić information content (AvgIpc) is 3.22. The van der Waals surface area contributed by atoms with Crippen LogP contribution in [0.2, 0.25) is 0 Å². The number of furan rings is 1. The number of hydrogen-bond acceptors (Lipinski definition) is 5. The summed E-state index contributed by atoms with van der Waals surface area (Å²) in [5.74, 6) is 0.447. The number of benzene rings is 1. The molecule has 3 aromatic heterocycles. The molecule has 1 aromatic carbocycles. The number of para-hydroxylation sites is 1. The molecule has 1 amide bonds. The van der Waals surface area contributed by atoms with Crippen LogP contribution in [0.3, 0.4) is 0 Å². The number of carbonyl (C=O) groups is 1. The van der Waals surface area contributed by atoms with Crippen molar-refractivity contribution in [3.05, 3.63) is 94.4 Å². The van der Waals surface area contributed by atoms with Gasteiger partial charge < -0.3 is 9.73 Å². The average molecular weight is 391 g/mol. The smallest absolute Gasteiger partial charge is 0.291 e. The van der Waals surface area contributed by atoms with Crippen molar-refractivity contribution in [1.29, 1.82) is 0 Å². The number of amides is 1. The summed E-state index contributed by atoms with van der Waals surface area (Å²) in [4.78, 5) is 30.0. The summed E-state index contributed by atoms with van der Waals surface area (Å²) in [5, 5.41) is 2.86. The zero-order valence-corrected chi connectivity index (χ0v) is 15.9. The molecule has 0 unspecified atom stereocenters. The number of fused-ring (bicyclic) bond motifs is 1. The van der Waals surface area contributed by atoms with Crippen LogP contribution in [0.25, 0.3) is 5.65 Å². The van der Waals surface area contributed by atoms with Crippen LogP contribution in [-0.4, -0.2) is 15.3 Å². The predicted molar refractivity (Wildman–Crippen MR) is 109 cm³/mol. The quantitative estimate of drug-likeness (QED) is 0.518. The molecule has 7 heteroatoms. The van der Waals surface area contributed by atoms with E-state index in [9.17, 15) is 9.59 Å². The Kier molecular flexibility index (Phi) is 4.99. The minimum atomic E-state index is -0.310. The Bertz CT molecular complexity index is 1200. The standard InChI is InChI=1S/C21H17N3O3S/c1-14-8-9-24-19(11-14)22-15(12-20(24)25)13-28-18-7-3-2-5-16(18)23-21(26)17-6-4-10-27-17/h2-12H,13H2,1H3,(H,23,26). The molecule has 3 heterocycles. The topological polar surface area (TPSA) is 76.6 Å². The van der Waals surface area contributed by atoms with Crippen LogP contribution in [0, 0.1) is 6.92 Å². The highest BCUT2D eigenvalue weighted by Gasteiger charge is 2.12. The van der Waals surface area contributed by atoms with Crippen molar-refractivity contribution in [1.82, 2.24) is 9.38 Å². The van der Waals surface area contributed by atoms with E-state index in [0.29, 0.717) is 22.8 Å². The molecule has 4 rings (SSSR count). The molecule has 0 spiro atoms. The van der Waals surface area contributed by atoms with Crippen LogP contribution in [0.15, 0.2) is 81.2 Å². The SMILES string of the molecule is Cc1ccn2c(=O)cc(CSc3ccccc3NC(=O)c3ccco3)nc2c1. The van der Waals surface area contributed by atoms with Gasteiger partial charge >= 0.3 is 0 Å². The van der Waals surface area contributed by atoms with E-state index in [4.69, 9.17) is 4.42 Å². The number of aryl methyl sites for hydroxylation is 1. The molecule has 1 N–H and O–H groups in total. The third-order valence-electron chi connectivity index (χ3n) is 4.13. The molecule has 0 aliphatic rings. The van der Waals surface area contributed by atoms with Gasteiger partial charge in [-0.3, -0.25) is 14.0 Å². The maximum Gasteiger partial charge on any atom is 0.291 e. The van der Waals surface area contributed by atoms with E-state index >= 15 is 0 Å². The van der Waals surface area contributed by atoms with Crippen LogP contribution in [0.5, 0.6) is 0 Å². The highest BCUT2D eigenvalue weighted by molar-refractivity contribution is 7.98. The molecule has 0 saturated carbocycles. The number of thioether (sulfide) groups is 1. The molecular weight excluding hydrogens is 374 g/mol. The summed E-state index contributed by atoms with van der Waals surface area (Å²) in [6, 6.07) is 16.1. The first-order valence-electron chi connectivity index (χ1n) is 8.66. The van der Waals surface area contributed by atoms with Crippen LogP contribution in [-0.2, 0) is 5.75 Å². The van der Waals surface area contributed by atoms with Crippen molar-refractivity contribution < 1.29 is 9.21 Å². The third kappa shape index (κ3) is 3.84. The molecule has 0 fully saturated rings. The van der Waals surface area contributed by atoms with Crippen molar-refractivity contribution in [3.8, 4) is 0 Å². The van der Waals surface area contributed by atoms with Gasteiger partial charge in [0.1, 0.15) is 5.65 Å². The van der Waals surface area contributed by atoms with Gasteiger partial charge in [0.15, 0.2) is 5.76 Å². The number of pyridine rings is 1. The van der Waals surface area contributed by atoms with Gasteiger partial charge in [0.25, 0.3) is 11.5 Å². The fraction of sp³-hybridized carbons (Fsp3) is 0.0952. The normalized spacial score (nSPS) is 10.9. The number of anilines is 1. The fourth-order valence-electron chi connectivity index (χ4n) is 2.77. The van der Waals surface area contributed by atoms with Crippen molar-refractivity contribution in [2.24, 2.45) is 0 Å². The summed E-state index contributed by atoms with van der Waals surface area (Å²) in [6.45, 7) is 1.96. The van der Waals surface area contributed by atoms with Crippen LogP contribution in [0.1, 0.15) is 21.8 Å². The highest BCUT2D eigenvalue weighted by Crippen LogP contribution is 2.29. The number of carbonyl (C=O) groups excluding carboxylic acids is 1. The van der Waals surface area contributed by atoms with Gasteiger partial charge in [0, 0.05) is 22.9 Å². The van der Waals surface area contributed by atoms with E-state index in [0.717, 1.165) is 10.5 Å². The second kappa shape index (κ2) is 7.74. The lowest BCUT2D eigenvalue weighted by Gasteiger charge is -2.10. The van der Waals surface area contributed by atoms with E-state index in [1.165, 1.54) is 22.4 Å². The van der Waals surface area contributed by atoms with Crippen LogP contribution < -0.4 is 10.9 Å². The first kappa shape index (κ1) is 18.1. The second-order valence-corrected chi connectivity index (χ2v) is 7.25. The summed E-state index contributed by atoms with van der Waals surface area (Å²) in [6.07, 6.45) is 3.19. The summed E-state index contributed by atoms with van der Waals surface area (Å²) >= 11 is 1.50. The molecule has 0 aliphatic heterocycles. The van der Waals surface area contributed by atoms with Crippen LogP contribution >= 0.6 is 11.8 Å². The van der Waals surface area contributed by atoms with E-state index in [2.05, 4.69) is 10.3 Å². The van der Waals surface area contributed by atoms with Gasteiger partial charge in [-0.25, -0.2) is 4.98 Å². The van der Waals surface area contributed by atoms with Crippen LogP contribution in [0.4, 0.5) is 5.69 Å². The first-order chi connectivity index (χ1) is 13.6. The van der Waals surface area contributed by atoms with E-state index in [1.807, 2.05) is 43.3 Å². The molecule has 0 atom stereocenters. The summed E-state index contributed by atoms with van der Waals surface area (Å²) in [5.41, 5.74) is 2.93. The Hall–Kier alpha value is -3.32. The van der Waals surface area contributed by atoms with Gasteiger partial charge in [-0.05, 0) is 48.9 Å². The molecule has 140 valence electrons. The molecular formula is C21H17N3O3S. The van der Waals surface area contributed by atoms with Gasteiger partial charge in [-0.1, -0.05) is 12.1 Å². The number of aromatic nitrogens is 2. The maximum absolute atomic E-state index is 12.3. The van der Waals surface area contributed by atoms with E-state index < -0.39 is 0 Å². The third-order valence-corrected chi connectivity index (χ3v) is 5.24. The Balaban J connectivity index is 1.55. The van der Waals surface area contributed by atoms with Gasteiger partial charge in [-0.2, -0.15) is 0 Å². The van der Waals surface area contributed by atoms with E-state index in [-0.39, 0.29) is 17.2 Å². The Labute approximate surface area is 165 Å². The molecule has 0 bridgehead atoms. The van der Waals surface area contributed by atoms with Crippen molar-refractivity contribution >= 4 is 29.0 Å².